The summed E-state index contributed by atoms with van der Waals surface area (Å²) in [5.41, 5.74) is 0.0821. The van der Waals surface area contributed by atoms with Crippen molar-refractivity contribution >= 4 is 0 Å². The fraction of sp³-hybridized carbons (Fsp3) is 1.00. The molecular weight excluding hydrogens is 168 g/mol. The Morgan fingerprint density at radius 1 is 1.08 bits per heavy atom. The van der Waals surface area contributed by atoms with Gasteiger partial charge in [0.15, 0.2) is 0 Å². The Labute approximate surface area is 79.4 Å². The van der Waals surface area contributed by atoms with Crippen molar-refractivity contribution in [2.75, 3.05) is 19.8 Å². The van der Waals surface area contributed by atoms with Gasteiger partial charge in [0.25, 0.3) is 5.97 Å². The van der Waals surface area contributed by atoms with Gasteiger partial charge in [0, 0.05) is 11.8 Å². The molecule has 0 N–H and O–H groups in total. The van der Waals surface area contributed by atoms with Crippen molar-refractivity contribution in [3.63, 3.8) is 0 Å². The highest BCUT2D eigenvalue weighted by atomic mass is 16.9. The molecule has 0 aromatic carbocycles. The van der Waals surface area contributed by atoms with E-state index in [0.717, 1.165) is 26.2 Å². The van der Waals surface area contributed by atoms with Crippen molar-refractivity contribution in [3.05, 3.63) is 0 Å². The van der Waals surface area contributed by atoms with Crippen LogP contribution in [0, 0.1) is 11.3 Å². The summed E-state index contributed by atoms with van der Waals surface area (Å²) in [6.07, 6.45) is 0.822. The fourth-order valence-electron chi connectivity index (χ4n) is 1.78. The highest BCUT2D eigenvalue weighted by molar-refractivity contribution is 4.84. The van der Waals surface area contributed by atoms with Gasteiger partial charge >= 0.3 is 0 Å². The summed E-state index contributed by atoms with van der Waals surface area (Å²) >= 11 is 0. The molecule has 3 nitrogen and oxygen atoms in total. The first-order valence-electron chi connectivity index (χ1n) is 4.96. The van der Waals surface area contributed by atoms with Gasteiger partial charge in [0.1, 0.15) is 0 Å². The van der Waals surface area contributed by atoms with Gasteiger partial charge < -0.3 is 14.2 Å². The van der Waals surface area contributed by atoms with Crippen LogP contribution in [0.1, 0.15) is 27.2 Å². The average molecular weight is 186 g/mol. The summed E-state index contributed by atoms with van der Waals surface area (Å²) in [4.78, 5) is 0. The molecule has 0 amide bonds. The summed E-state index contributed by atoms with van der Waals surface area (Å²) in [6.45, 7) is 8.71. The van der Waals surface area contributed by atoms with Crippen molar-refractivity contribution in [1.82, 2.24) is 0 Å². The minimum atomic E-state index is -0.716. The second-order valence-electron chi connectivity index (χ2n) is 4.96. The molecule has 76 valence electrons. The Morgan fingerprint density at radius 2 is 1.54 bits per heavy atom. The zero-order valence-electron chi connectivity index (χ0n) is 8.63. The van der Waals surface area contributed by atoms with Crippen LogP contribution >= 0.6 is 0 Å². The maximum Gasteiger partial charge on any atom is 0.283 e. The second-order valence-corrected chi connectivity index (χ2v) is 4.96. The molecule has 0 aromatic heterocycles. The van der Waals surface area contributed by atoms with Gasteiger partial charge in [-0.25, -0.2) is 0 Å². The van der Waals surface area contributed by atoms with Crippen LogP contribution in [0.5, 0.6) is 0 Å². The zero-order valence-corrected chi connectivity index (χ0v) is 8.63. The smallest absolute Gasteiger partial charge is 0.283 e. The molecule has 0 spiro atoms. The lowest BCUT2D eigenvalue weighted by molar-refractivity contribution is -0.469. The molecule has 0 unspecified atom stereocenters. The van der Waals surface area contributed by atoms with Crippen LogP contribution in [0.4, 0.5) is 0 Å². The number of fused-ring (bicyclic) bond motifs is 3. The van der Waals surface area contributed by atoms with E-state index in [4.69, 9.17) is 14.2 Å². The Bertz CT molecular complexity index is 176. The molecule has 13 heavy (non-hydrogen) atoms. The third-order valence-electron chi connectivity index (χ3n) is 2.58. The van der Waals surface area contributed by atoms with E-state index in [1.165, 1.54) is 0 Å². The molecule has 0 atom stereocenters. The lowest BCUT2D eigenvalue weighted by atomic mass is 9.91. The third-order valence-corrected chi connectivity index (χ3v) is 2.58. The minimum Gasteiger partial charge on any atom is -0.327 e. The first-order valence-corrected chi connectivity index (χ1v) is 4.96. The number of ether oxygens (including phenoxy) is 3. The largest absolute Gasteiger partial charge is 0.327 e. The Morgan fingerprint density at radius 3 is 1.92 bits per heavy atom. The molecule has 0 aliphatic carbocycles. The maximum absolute atomic E-state index is 5.63. The van der Waals surface area contributed by atoms with E-state index < -0.39 is 5.97 Å². The molecule has 3 fully saturated rings. The molecule has 3 aliphatic heterocycles. The third kappa shape index (κ3) is 1.73. The van der Waals surface area contributed by atoms with Crippen molar-refractivity contribution in [1.29, 1.82) is 0 Å². The maximum atomic E-state index is 5.63. The SMILES string of the molecule is CC(C)CC12OCC(C)(CO1)CO2. The van der Waals surface area contributed by atoms with Crippen LogP contribution in [0.25, 0.3) is 0 Å². The molecule has 2 bridgehead atoms. The van der Waals surface area contributed by atoms with Crippen LogP contribution in [-0.2, 0) is 14.2 Å². The summed E-state index contributed by atoms with van der Waals surface area (Å²) in [5.74, 6) is -0.186. The number of hydrogen-bond acceptors (Lipinski definition) is 3. The quantitative estimate of drug-likeness (QED) is 0.657. The normalized spacial score (nSPS) is 44.3. The van der Waals surface area contributed by atoms with Crippen LogP contribution in [-0.4, -0.2) is 25.8 Å². The van der Waals surface area contributed by atoms with E-state index in [9.17, 15) is 0 Å². The van der Waals surface area contributed by atoms with Crippen LogP contribution < -0.4 is 0 Å². The lowest BCUT2D eigenvalue weighted by Gasteiger charge is -2.50. The molecule has 3 heteroatoms. The van der Waals surface area contributed by atoms with Crippen molar-refractivity contribution in [2.24, 2.45) is 11.3 Å². The molecular formula is C10H18O3. The van der Waals surface area contributed by atoms with E-state index in [1.807, 2.05) is 0 Å². The van der Waals surface area contributed by atoms with E-state index in [2.05, 4.69) is 20.8 Å². The summed E-state index contributed by atoms with van der Waals surface area (Å²) in [5, 5.41) is 0. The standard InChI is InChI=1S/C10H18O3/c1-8(2)4-10-11-5-9(3,6-12-10)7-13-10/h8H,4-7H2,1-3H3. The topological polar surface area (TPSA) is 27.7 Å². The Hall–Kier alpha value is -0.120. The molecule has 0 radical (unpaired) electrons. The first-order chi connectivity index (χ1) is 6.04. The van der Waals surface area contributed by atoms with Gasteiger partial charge in [-0.15, -0.1) is 0 Å². The van der Waals surface area contributed by atoms with E-state index in [0.29, 0.717) is 5.92 Å². The van der Waals surface area contributed by atoms with Crippen LogP contribution in [0.3, 0.4) is 0 Å². The van der Waals surface area contributed by atoms with E-state index in [-0.39, 0.29) is 5.41 Å². The predicted octanol–water partition coefficient (Wildman–Crippen LogP) is 1.77. The highest BCUT2D eigenvalue weighted by Gasteiger charge is 2.50. The zero-order chi connectivity index (χ0) is 9.53. The molecule has 3 aliphatic rings. The van der Waals surface area contributed by atoms with Gasteiger partial charge in [-0.05, 0) is 5.92 Å². The van der Waals surface area contributed by atoms with Crippen molar-refractivity contribution < 1.29 is 14.2 Å². The molecule has 3 saturated heterocycles. The number of hydrogen-bond donors (Lipinski definition) is 0. The average Bonchev–Trinajstić information content (AvgIpc) is 2.07. The lowest BCUT2D eigenvalue weighted by Crippen LogP contribution is -2.59. The fourth-order valence-corrected chi connectivity index (χ4v) is 1.78. The van der Waals surface area contributed by atoms with Crippen molar-refractivity contribution in [2.45, 2.75) is 33.2 Å². The van der Waals surface area contributed by atoms with Crippen LogP contribution in [0.15, 0.2) is 0 Å². The molecule has 0 aromatic rings. The van der Waals surface area contributed by atoms with Gasteiger partial charge in [-0.2, -0.15) is 0 Å². The first kappa shape index (κ1) is 9.44. The summed E-state index contributed by atoms with van der Waals surface area (Å²) in [7, 11) is 0. The van der Waals surface area contributed by atoms with Gasteiger partial charge in [0.2, 0.25) is 0 Å². The monoisotopic (exact) mass is 186 g/mol. The highest BCUT2D eigenvalue weighted by Crippen LogP contribution is 2.40. The molecule has 3 rings (SSSR count). The van der Waals surface area contributed by atoms with E-state index >= 15 is 0 Å². The second kappa shape index (κ2) is 2.94. The number of rotatable bonds is 2. The minimum absolute atomic E-state index is 0.0821. The van der Waals surface area contributed by atoms with Crippen LogP contribution in [0.2, 0.25) is 0 Å². The van der Waals surface area contributed by atoms with E-state index in [1.54, 1.807) is 0 Å². The van der Waals surface area contributed by atoms with Crippen molar-refractivity contribution in [3.8, 4) is 0 Å². The summed E-state index contributed by atoms with van der Waals surface area (Å²) < 4.78 is 16.9. The van der Waals surface area contributed by atoms with Gasteiger partial charge in [-0.1, -0.05) is 20.8 Å². The Balaban J connectivity index is 2.03. The predicted molar refractivity (Wildman–Crippen MR) is 48.1 cm³/mol. The molecule has 3 heterocycles. The Kier molecular flexibility index (Phi) is 2.13. The summed E-state index contributed by atoms with van der Waals surface area (Å²) in [6, 6.07) is 0. The van der Waals surface area contributed by atoms with Gasteiger partial charge in [0.05, 0.1) is 19.8 Å². The van der Waals surface area contributed by atoms with Gasteiger partial charge in [-0.3, -0.25) is 0 Å². The molecule has 0 saturated carbocycles.